The van der Waals surface area contributed by atoms with E-state index in [-0.39, 0.29) is 24.1 Å². The minimum absolute atomic E-state index is 0.0177. The van der Waals surface area contributed by atoms with Crippen molar-refractivity contribution < 1.29 is 4.79 Å². The summed E-state index contributed by atoms with van der Waals surface area (Å²) in [5.41, 5.74) is 1.66. The van der Waals surface area contributed by atoms with Crippen molar-refractivity contribution in [2.45, 2.75) is 32.9 Å². The summed E-state index contributed by atoms with van der Waals surface area (Å²) < 4.78 is 1.37. The lowest BCUT2D eigenvalue weighted by atomic mass is 10.1. The van der Waals surface area contributed by atoms with Crippen LogP contribution in [-0.4, -0.2) is 21.5 Å². The molecule has 0 fully saturated rings. The minimum Gasteiger partial charge on any atom is -0.352 e. The highest BCUT2D eigenvalue weighted by Crippen LogP contribution is 2.30. The number of rotatable bonds is 5. The molecule has 5 nitrogen and oxygen atoms in total. The van der Waals surface area contributed by atoms with Gasteiger partial charge in [-0.15, -0.1) is 11.3 Å². The van der Waals surface area contributed by atoms with Crippen molar-refractivity contribution in [3.8, 4) is 11.1 Å². The Hall–Kier alpha value is -2.47. The predicted molar refractivity (Wildman–Crippen MR) is 97.2 cm³/mol. The standard InChI is InChI=1S/C18H19N3O2S/c1-3-12(2)20-15(22)9-21-11-19-17-16(18(21)23)14(10-24-17)13-7-5-4-6-8-13/h4-8,10-12H,3,9H2,1-2H3,(H,20,22)/t12-/m1/s1. The molecule has 3 rings (SSSR count). The molecule has 1 aromatic carbocycles. The normalized spacial score (nSPS) is 12.2. The second-order valence-corrected chi connectivity index (χ2v) is 6.61. The first-order valence-corrected chi connectivity index (χ1v) is 8.79. The van der Waals surface area contributed by atoms with Gasteiger partial charge in [0, 0.05) is 17.0 Å². The fourth-order valence-electron chi connectivity index (χ4n) is 2.49. The SMILES string of the molecule is CC[C@@H](C)NC(=O)Cn1cnc2scc(-c3ccccc3)c2c1=O. The van der Waals surface area contributed by atoms with Gasteiger partial charge >= 0.3 is 0 Å². The van der Waals surface area contributed by atoms with Gasteiger partial charge in [0.1, 0.15) is 11.4 Å². The van der Waals surface area contributed by atoms with E-state index in [1.54, 1.807) is 0 Å². The van der Waals surface area contributed by atoms with E-state index >= 15 is 0 Å². The van der Waals surface area contributed by atoms with Gasteiger partial charge in [-0.25, -0.2) is 4.98 Å². The molecule has 1 amide bonds. The Morgan fingerprint density at radius 2 is 2.08 bits per heavy atom. The molecule has 0 aliphatic carbocycles. The molecule has 0 aliphatic heterocycles. The monoisotopic (exact) mass is 341 g/mol. The van der Waals surface area contributed by atoms with Crippen LogP contribution in [0.4, 0.5) is 0 Å². The Labute approximate surface area is 144 Å². The molecule has 1 atom stereocenters. The molecule has 0 radical (unpaired) electrons. The number of nitrogens with zero attached hydrogens (tertiary/aromatic N) is 2. The number of aromatic nitrogens is 2. The topological polar surface area (TPSA) is 64.0 Å². The number of nitrogens with one attached hydrogen (secondary N) is 1. The summed E-state index contributed by atoms with van der Waals surface area (Å²) in [6.45, 7) is 3.92. The van der Waals surface area contributed by atoms with Crippen LogP contribution in [0.15, 0.2) is 46.8 Å². The number of amides is 1. The highest BCUT2D eigenvalue weighted by molar-refractivity contribution is 7.17. The molecule has 0 unspecified atom stereocenters. The number of benzene rings is 1. The lowest BCUT2D eigenvalue weighted by molar-refractivity contribution is -0.122. The van der Waals surface area contributed by atoms with E-state index in [9.17, 15) is 9.59 Å². The summed E-state index contributed by atoms with van der Waals surface area (Å²) in [7, 11) is 0. The average molecular weight is 341 g/mol. The van der Waals surface area contributed by atoms with Gasteiger partial charge in [-0.1, -0.05) is 37.3 Å². The quantitative estimate of drug-likeness (QED) is 0.776. The molecule has 24 heavy (non-hydrogen) atoms. The van der Waals surface area contributed by atoms with Gasteiger partial charge in [0.2, 0.25) is 5.91 Å². The van der Waals surface area contributed by atoms with Crippen molar-refractivity contribution in [3.63, 3.8) is 0 Å². The van der Waals surface area contributed by atoms with Crippen LogP contribution in [0, 0.1) is 0 Å². The molecule has 6 heteroatoms. The molecule has 0 aliphatic rings. The van der Waals surface area contributed by atoms with Crippen LogP contribution in [0.2, 0.25) is 0 Å². The summed E-state index contributed by atoms with van der Waals surface area (Å²) in [6, 6.07) is 9.84. The van der Waals surface area contributed by atoms with Gasteiger partial charge in [-0.2, -0.15) is 0 Å². The van der Waals surface area contributed by atoms with Crippen LogP contribution < -0.4 is 10.9 Å². The first-order chi connectivity index (χ1) is 11.6. The molecule has 124 valence electrons. The molecular weight excluding hydrogens is 322 g/mol. The molecule has 0 saturated heterocycles. The summed E-state index contributed by atoms with van der Waals surface area (Å²) in [4.78, 5) is 29.9. The minimum atomic E-state index is -0.181. The molecule has 0 spiro atoms. The van der Waals surface area contributed by atoms with E-state index in [1.165, 1.54) is 22.2 Å². The molecule has 2 heterocycles. The number of hydrogen-bond donors (Lipinski definition) is 1. The zero-order valence-corrected chi connectivity index (χ0v) is 14.5. The number of fused-ring (bicyclic) bond motifs is 1. The van der Waals surface area contributed by atoms with E-state index in [4.69, 9.17) is 0 Å². The summed E-state index contributed by atoms with van der Waals surface area (Å²) in [5.74, 6) is -0.177. The summed E-state index contributed by atoms with van der Waals surface area (Å²) in [5, 5.41) is 5.39. The zero-order valence-electron chi connectivity index (χ0n) is 13.7. The van der Waals surface area contributed by atoms with E-state index in [1.807, 2.05) is 49.6 Å². The first kappa shape index (κ1) is 16.4. The maximum absolute atomic E-state index is 12.8. The number of carbonyl (C=O) groups is 1. The number of carbonyl (C=O) groups excluding carboxylic acids is 1. The van der Waals surface area contributed by atoms with E-state index in [0.29, 0.717) is 10.2 Å². The first-order valence-electron chi connectivity index (χ1n) is 7.91. The predicted octanol–water partition coefficient (Wildman–Crippen LogP) is 3.04. The molecule has 0 saturated carbocycles. The third-order valence-corrected chi connectivity index (χ3v) is 4.87. The van der Waals surface area contributed by atoms with E-state index < -0.39 is 0 Å². The second kappa shape index (κ2) is 6.97. The molecule has 3 aromatic rings. The third-order valence-electron chi connectivity index (χ3n) is 3.98. The van der Waals surface area contributed by atoms with Crippen LogP contribution in [-0.2, 0) is 11.3 Å². The number of hydrogen-bond acceptors (Lipinski definition) is 4. The highest BCUT2D eigenvalue weighted by atomic mass is 32.1. The summed E-state index contributed by atoms with van der Waals surface area (Å²) in [6.07, 6.45) is 2.30. The Morgan fingerprint density at radius 3 is 2.79 bits per heavy atom. The van der Waals surface area contributed by atoms with Crippen molar-refractivity contribution in [1.82, 2.24) is 14.9 Å². The van der Waals surface area contributed by atoms with Gasteiger partial charge < -0.3 is 5.32 Å². The van der Waals surface area contributed by atoms with Crippen molar-refractivity contribution in [2.24, 2.45) is 0 Å². The Balaban J connectivity index is 1.99. The van der Waals surface area contributed by atoms with Gasteiger partial charge in [0.25, 0.3) is 5.56 Å². The maximum Gasteiger partial charge on any atom is 0.263 e. The molecule has 0 bridgehead atoms. The Morgan fingerprint density at radius 1 is 1.33 bits per heavy atom. The third kappa shape index (κ3) is 3.23. The molecule has 2 aromatic heterocycles. The van der Waals surface area contributed by atoms with Crippen LogP contribution >= 0.6 is 11.3 Å². The second-order valence-electron chi connectivity index (χ2n) is 5.75. The van der Waals surface area contributed by atoms with Crippen LogP contribution in [0.5, 0.6) is 0 Å². The van der Waals surface area contributed by atoms with Gasteiger partial charge in [0.15, 0.2) is 0 Å². The van der Waals surface area contributed by atoms with E-state index in [0.717, 1.165) is 17.5 Å². The van der Waals surface area contributed by atoms with Crippen LogP contribution in [0.25, 0.3) is 21.3 Å². The molecule has 1 N–H and O–H groups in total. The fraction of sp³-hybridized carbons (Fsp3) is 0.278. The lowest BCUT2D eigenvalue weighted by Crippen LogP contribution is -2.37. The van der Waals surface area contributed by atoms with Crippen molar-refractivity contribution >= 4 is 27.5 Å². The maximum atomic E-state index is 12.8. The van der Waals surface area contributed by atoms with Gasteiger partial charge in [-0.3, -0.25) is 14.2 Å². The Kier molecular flexibility index (Phi) is 4.76. The highest BCUT2D eigenvalue weighted by Gasteiger charge is 2.15. The molecular formula is C18H19N3O2S. The van der Waals surface area contributed by atoms with Crippen LogP contribution in [0.3, 0.4) is 0 Å². The van der Waals surface area contributed by atoms with Gasteiger partial charge in [-0.05, 0) is 18.9 Å². The zero-order chi connectivity index (χ0) is 17.1. The fourth-order valence-corrected chi connectivity index (χ4v) is 3.39. The number of thiophene rings is 1. The van der Waals surface area contributed by atoms with Crippen molar-refractivity contribution in [2.75, 3.05) is 0 Å². The smallest absolute Gasteiger partial charge is 0.263 e. The van der Waals surface area contributed by atoms with E-state index in [2.05, 4.69) is 10.3 Å². The average Bonchev–Trinajstić information content (AvgIpc) is 3.03. The summed E-state index contributed by atoms with van der Waals surface area (Å²) >= 11 is 1.44. The van der Waals surface area contributed by atoms with Crippen LogP contribution in [0.1, 0.15) is 20.3 Å². The van der Waals surface area contributed by atoms with Gasteiger partial charge in [0.05, 0.1) is 11.7 Å². The Bertz CT molecular complexity index is 915. The largest absolute Gasteiger partial charge is 0.352 e. The van der Waals surface area contributed by atoms with Crippen molar-refractivity contribution in [1.29, 1.82) is 0 Å². The lowest BCUT2D eigenvalue weighted by Gasteiger charge is -2.12. The van der Waals surface area contributed by atoms with Crippen molar-refractivity contribution in [3.05, 3.63) is 52.4 Å².